The van der Waals surface area contributed by atoms with Gasteiger partial charge in [-0.3, -0.25) is 9.59 Å². The number of anilines is 2. The van der Waals surface area contributed by atoms with Crippen LogP contribution in [0.4, 0.5) is 24.0 Å². The lowest BCUT2D eigenvalue weighted by molar-refractivity contribution is -0.274. The maximum Gasteiger partial charge on any atom is 0.573 e. The highest BCUT2D eigenvalue weighted by Gasteiger charge is 2.31. The van der Waals surface area contributed by atoms with E-state index in [1.165, 1.54) is 12.1 Å². The first-order chi connectivity index (χ1) is 14.2. The number of aryl methyl sites for hydroxylation is 1. The van der Waals surface area contributed by atoms with Crippen LogP contribution in [0.5, 0.6) is 5.75 Å². The molecule has 0 aliphatic heterocycles. The number of nitrogens with zero attached hydrogens (tertiary/aromatic N) is 1. The van der Waals surface area contributed by atoms with Gasteiger partial charge in [-0.15, -0.1) is 24.9 Å². The van der Waals surface area contributed by atoms with Crippen LogP contribution in [0, 0.1) is 6.92 Å². The molecule has 1 heterocycles. The fourth-order valence-corrected chi connectivity index (χ4v) is 3.99. The predicted molar refractivity (Wildman–Crippen MR) is 112 cm³/mol. The Kier molecular flexibility index (Phi) is 6.83. The van der Waals surface area contributed by atoms with Gasteiger partial charge >= 0.3 is 6.36 Å². The van der Waals surface area contributed by atoms with Gasteiger partial charge in [0.05, 0.1) is 21.7 Å². The van der Waals surface area contributed by atoms with Crippen LogP contribution in [0.1, 0.15) is 5.56 Å². The molecule has 0 aliphatic carbocycles. The molecular formula is C19H16F3N3O3S2. The molecule has 3 aromatic rings. The third kappa shape index (κ3) is 6.63. The molecule has 0 atom stereocenters. The molecule has 0 spiro atoms. The zero-order chi connectivity index (χ0) is 21.7. The molecule has 2 N–H and O–H groups in total. The first-order valence-electron chi connectivity index (χ1n) is 8.58. The van der Waals surface area contributed by atoms with E-state index in [9.17, 15) is 22.8 Å². The molecule has 0 fully saturated rings. The topological polar surface area (TPSA) is 80.3 Å². The van der Waals surface area contributed by atoms with Crippen LogP contribution < -0.4 is 15.4 Å². The number of hydrogen-bond donors (Lipinski definition) is 2. The maximum absolute atomic E-state index is 12.3. The summed E-state index contributed by atoms with van der Waals surface area (Å²) in [5.74, 6) is -0.824. The van der Waals surface area contributed by atoms with Gasteiger partial charge in [0.2, 0.25) is 11.8 Å². The number of nitrogens with one attached hydrogen (secondary N) is 2. The van der Waals surface area contributed by atoms with E-state index >= 15 is 0 Å². The number of thiazole rings is 1. The standard InChI is InChI=1S/C19H16F3N3O3S2/c1-11-3-2-4-12(7-11)23-16(26)9-29-10-17(27)25-18-24-14-6-5-13(8-15(14)30-18)28-19(20,21)22/h2-8H,9-10H2,1H3,(H,23,26)(H,24,25,27). The molecule has 0 unspecified atom stereocenters. The summed E-state index contributed by atoms with van der Waals surface area (Å²) >= 11 is 2.17. The van der Waals surface area contributed by atoms with Crippen molar-refractivity contribution in [2.75, 3.05) is 22.1 Å². The van der Waals surface area contributed by atoms with Gasteiger partial charge in [-0.25, -0.2) is 4.98 Å². The van der Waals surface area contributed by atoms with E-state index in [2.05, 4.69) is 20.4 Å². The van der Waals surface area contributed by atoms with Crippen molar-refractivity contribution in [1.82, 2.24) is 4.98 Å². The minimum absolute atomic E-state index is 0.0274. The lowest BCUT2D eigenvalue weighted by Crippen LogP contribution is -2.18. The number of fused-ring (bicyclic) bond motifs is 1. The number of benzene rings is 2. The quantitative estimate of drug-likeness (QED) is 0.534. The van der Waals surface area contributed by atoms with Crippen molar-refractivity contribution in [3.8, 4) is 5.75 Å². The van der Waals surface area contributed by atoms with E-state index in [0.717, 1.165) is 34.7 Å². The van der Waals surface area contributed by atoms with E-state index in [-0.39, 0.29) is 34.2 Å². The molecular weight excluding hydrogens is 439 g/mol. The summed E-state index contributed by atoms with van der Waals surface area (Å²) in [6, 6.07) is 11.1. The van der Waals surface area contributed by atoms with Gasteiger partial charge in [0.1, 0.15) is 5.75 Å². The molecule has 0 radical (unpaired) electrons. The summed E-state index contributed by atoms with van der Waals surface area (Å²) in [7, 11) is 0. The molecule has 1 aromatic heterocycles. The lowest BCUT2D eigenvalue weighted by atomic mass is 10.2. The number of halogens is 3. The van der Waals surface area contributed by atoms with Gasteiger partial charge in [0, 0.05) is 11.8 Å². The third-order valence-corrected chi connectivity index (χ3v) is 5.47. The van der Waals surface area contributed by atoms with Gasteiger partial charge in [-0.1, -0.05) is 23.5 Å². The van der Waals surface area contributed by atoms with Gasteiger partial charge in [-0.2, -0.15) is 0 Å². The van der Waals surface area contributed by atoms with Crippen LogP contribution in [0.25, 0.3) is 10.2 Å². The Hall–Kier alpha value is -2.79. The van der Waals surface area contributed by atoms with Crippen molar-refractivity contribution in [2.24, 2.45) is 0 Å². The van der Waals surface area contributed by atoms with Crippen molar-refractivity contribution in [1.29, 1.82) is 0 Å². The third-order valence-electron chi connectivity index (χ3n) is 3.61. The van der Waals surface area contributed by atoms with Gasteiger partial charge in [-0.05, 0) is 36.8 Å². The number of rotatable bonds is 7. The Bertz CT molecular complexity index is 1070. The second-order valence-corrected chi connectivity index (χ2v) is 8.17. The zero-order valence-electron chi connectivity index (χ0n) is 15.6. The zero-order valence-corrected chi connectivity index (χ0v) is 17.2. The smallest absolute Gasteiger partial charge is 0.406 e. The number of carbonyl (C=O) groups is 2. The van der Waals surface area contributed by atoms with Crippen LogP contribution in [0.2, 0.25) is 0 Å². The average molecular weight is 455 g/mol. The van der Waals surface area contributed by atoms with Crippen LogP contribution in [0.3, 0.4) is 0 Å². The van der Waals surface area contributed by atoms with Crippen molar-refractivity contribution < 1.29 is 27.5 Å². The Labute approximate surface area is 177 Å². The Morgan fingerprint density at radius 1 is 1.10 bits per heavy atom. The molecule has 2 aromatic carbocycles. The Balaban J connectivity index is 1.48. The second kappa shape index (κ2) is 9.35. The molecule has 0 saturated carbocycles. The maximum atomic E-state index is 12.3. The van der Waals surface area contributed by atoms with E-state index in [4.69, 9.17) is 0 Å². The molecule has 0 aliphatic rings. The minimum Gasteiger partial charge on any atom is -0.406 e. The highest BCUT2D eigenvalue weighted by atomic mass is 32.2. The lowest BCUT2D eigenvalue weighted by Gasteiger charge is -2.07. The summed E-state index contributed by atoms with van der Waals surface area (Å²) in [5.41, 5.74) is 2.15. The summed E-state index contributed by atoms with van der Waals surface area (Å²) in [4.78, 5) is 28.2. The van der Waals surface area contributed by atoms with Crippen LogP contribution in [0.15, 0.2) is 42.5 Å². The molecule has 2 amide bonds. The first-order valence-corrected chi connectivity index (χ1v) is 10.6. The number of amides is 2. The molecule has 30 heavy (non-hydrogen) atoms. The number of carbonyl (C=O) groups excluding carboxylic acids is 2. The van der Waals surface area contributed by atoms with Crippen LogP contribution in [-0.2, 0) is 9.59 Å². The molecule has 158 valence electrons. The molecule has 3 rings (SSSR count). The van der Waals surface area contributed by atoms with E-state index < -0.39 is 6.36 Å². The number of hydrogen-bond acceptors (Lipinski definition) is 6. The minimum atomic E-state index is -4.78. The first kappa shape index (κ1) is 21.9. The van der Waals surface area contributed by atoms with Gasteiger partial charge in [0.25, 0.3) is 0 Å². The number of ether oxygens (including phenoxy) is 1. The van der Waals surface area contributed by atoms with E-state index in [1.807, 2.05) is 25.1 Å². The van der Waals surface area contributed by atoms with Crippen molar-refractivity contribution in [3.63, 3.8) is 0 Å². The van der Waals surface area contributed by atoms with Crippen molar-refractivity contribution >= 4 is 55.9 Å². The van der Waals surface area contributed by atoms with Crippen molar-refractivity contribution in [3.05, 3.63) is 48.0 Å². The summed E-state index contributed by atoms with van der Waals surface area (Å²) < 4.78 is 41.3. The van der Waals surface area contributed by atoms with Gasteiger partial charge < -0.3 is 15.4 Å². The van der Waals surface area contributed by atoms with Crippen LogP contribution >= 0.6 is 23.1 Å². The van der Waals surface area contributed by atoms with Gasteiger partial charge in [0.15, 0.2) is 5.13 Å². The van der Waals surface area contributed by atoms with E-state index in [0.29, 0.717) is 15.9 Å². The largest absolute Gasteiger partial charge is 0.573 e. The fraction of sp³-hybridized carbons (Fsp3) is 0.211. The van der Waals surface area contributed by atoms with Crippen LogP contribution in [-0.4, -0.2) is 34.7 Å². The highest BCUT2D eigenvalue weighted by Crippen LogP contribution is 2.31. The Morgan fingerprint density at radius 3 is 2.53 bits per heavy atom. The predicted octanol–water partition coefficient (Wildman–Crippen LogP) is 4.81. The number of alkyl halides is 3. The second-order valence-electron chi connectivity index (χ2n) is 6.15. The monoisotopic (exact) mass is 455 g/mol. The summed E-state index contributed by atoms with van der Waals surface area (Å²) in [5, 5.41) is 5.59. The fourth-order valence-electron chi connectivity index (χ4n) is 2.47. The normalized spacial score (nSPS) is 11.3. The number of thioether (sulfide) groups is 1. The molecule has 11 heteroatoms. The summed E-state index contributed by atoms with van der Waals surface area (Å²) in [6.07, 6.45) is -4.78. The Morgan fingerprint density at radius 2 is 1.83 bits per heavy atom. The molecule has 0 saturated heterocycles. The SMILES string of the molecule is Cc1cccc(NC(=O)CSCC(=O)Nc2nc3ccc(OC(F)(F)F)cc3s2)c1. The molecule has 0 bridgehead atoms. The average Bonchev–Trinajstić information content (AvgIpc) is 3.01. The molecule has 6 nitrogen and oxygen atoms in total. The number of aromatic nitrogens is 1. The van der Waals surface area contributed by atoms with Crippen molar-refractivity contribution in [2.45, 2.75) is 13.3 Å². The highest BCUT2D eigenvalue weighted by molar-refractivity contribution is 8.00. The van der Waals surface area contributed by atoms with E-state index in [1.54, 1.807) is 6.07 Å². The summed E-state index contributed by atoms with van der Waals surface area (Å²) in [6.45, 7) is 1.92.